The van der Waals surface area contributed by atoms with Crippen LogP contribution in [0.3, 0.4) is 0 Å². The largest absolute Gasteiger partial charge is 0.495 e. The summed E-state index contributed by atoms with van der Waals surface area (Å²) < 4.78 is 7.47. The van der Waals surface area contributed by atoms with E-state index in [2.05, 4.69) is 34.4 Å². The van der Waals surface area contributed by atoms with Crippen molar-refractivity contribution in [3.05, 3.63) is 41.5 Å². The number of likely N-dealkylation sites (N-methyl/N-ethyl adjacent to an activating group) is 1. The molecule has 1 unspecified atom stereocenters. The van der Waals surface area contributed by atoms with Gasteiger partial charge in [0.05, 0.1) is 25.3 Å². The predicted octanol–water partition coefficient (Wildman–Crippen LogP) is 3.37. The van der Waals surface area contributed by atoms with E-state index in [-0.39, 0.29) is 11.3 Å². The minimum absolute atomic E-state index is 0.162. The van der Waals surface area contributed by atoms with Crippen molar-refractivity contribution in [1.29, 1.82) is 0 Å². The number of anilines is 1. The van der Waals surface area contributed by atoms with Crippen molar-refractivity contribution >= 4 is 11.6 Å². The summed E-state index contributed by atoms with van der Waals surface area (Å²) in [6.45, 7) is 1.17. The summed E-state index contributed by atoms with van der Waals surface area (Å²) in [5.74, 6) is 1.34. The highest BCUT2D eigenvalue weighted by Crippen LogP contribution is 2.56. The van der Waals surface area contributed by atoms with Gasteiger partial charge >= 0.3 is 0 Å². The summed E-state index contributed by atoms with van der Waals surface area (Å²) in [4.78, 5) is 19.4. The minimum Gasteiger partial charge on any atom is -0.495 e. The topological polar surface area (TPSA) is 59.4 Å². The predicted molar refractivity (Wildman–Crippen MR) is 113 cm³/mol. The fraction of sp³-hybridized carbons (Fsp3) is 0.565. The Morgan fingerprint density at radius 1 is 1.28 bits per heavy atom. The van der Waals surface area contributed by atoms with Gasteiger partial charge in [0.15, 0.2) is 0 Å². The molecule has 3 atom stereocenters. The number of piperidine rings is 1. The second-order valence-corrected chi connectivity index (χ2v) is 9.06. The second kappa shape index (κ2) is 6.87. The van der Waals surface area contributed by atoms with Crippen LogP contribution < -0.4 is 10.1 Å². The Kier molecular flexibility index (Phi) is 4.42. The van der Waals surface area contributed by atoms with E-state index in [1.807, 2.05) is 7.05 Å². The van der Waals surface area contributed by atoms with Crippen molar-refractivity contribution < 1.29 is 9.53 Å². The number of ether oxygens (including phenoxy) is 1. The van der Waals surface area contributed by atoms with Gasteiger partial charge in [-0.2, -0.15) is 0 Å². The van der Waals surface area contributed by atoms with Crippen LogP contribution in [0.25, 0.3) is 0 Å². The van der Waals surface area contributed by atoms with Crippen molar-refractivity contribution in [1.82, 2.24) is 14.5 Å². The van der Waals surface area contributed by atoms with Gasteiger partial charge in [0.2, 0.25) is 0 Å². The lowest BCUT2D eigenvalue weighted by Crippen LogP contribution is -2.59. The number of imidazole rings is 1. The van der Waals surface area contributed by atoms with Gasteiger partial charge < -0.3 is 19.5 Å². The number of nitrogens with one attached hydrogen (secondary N) is 1. The quantitative estimate of drug-likeness (QED) is 0.867. The molecule has 0 radical (unpaired) electrons. The van der Waals surface area contributed by atoms with Gasteiger partial charge in [-0.05, 0) is 68.5 Å². The van der Waals surface area contributed by atoms with E-state index in [1.54, 1.807) is 24.2 Å². The second-order valence-electron chi connectivity index (χ2n) is 9.06. The Morgan fingerprint density at radius 2 is 2.14 bits per heavy atom. The number of fused-ring (bicyclic) bond motifs is 1. The highest BCUT2D eigenvalue weighted by Gasteiger charge is 2.53. The Labute approximate surface area is 172 Å². The highest BCUT2D eigenvalue weighted by molar-refractivity contribution is 6.03. The number of hydrogen-bond donors (Lipinski definition) is 1. The number of rotatable bonds is 3. The van der Waals surface area contributed by atoms with E-state index in [1.165, 1.54) is 49.8 Å². The number of likely N-dealkylation sites (tertiary alicyclic amines) is 1. The SMILES string of the molecule is COc1cc2c(cc1NC(=O)c1cncn1C)C[C@H]1C3CCCC[C@@]23CCN1C. The van der Waals surface area contributed by atoms with Gasteiger partial charge in [-0.1, -0.05) is 12.8 Å². The third-order valence-electron chi connectivity index (χ3n) is 7.73. The molecule has 1 saturated carbocycles. The van der Waals surface area contributed by atoms with Crippen molar-refractivity contribution in [2.24, 2.45) is 13.0 Å². The maximum absolute atomic E-state index is 12.8. The third kappa shape index (κ3) is 2.80. The van der Waals surface area contributed by atoms with Gasteiger partial charge in [-0.15, -0.1) is 0 Å². The van der Waals surface area contributed by atoms with Gasteiger partial charge in [0, 0.05) is 18.5 Å². The fourth-order valence-corrected chi connectivity index (χ4v) is 6.26. The van der Waals surface area contributed by atoms with Crippen LogP contribution in [-0.2, 0) is 18.9 Å². The first-order valence-corrected chi connectivity index (χ1v) is 10.7. The highest BCUT2D eigenvalue weighted by atomic mass is 16.5. The number of aryl methyl sites for hydroxylation is 1. The smallest absolute Gasteiger partial charge is 0.274 e. The van der Waals surface area contributed by atoms with E-state index in [0.29, 0.717) is 11.7 Å². The lowest BCUT2D eigenvalue weighted by molar-refractivity contribution is 0.00277. The molecule has 2 fully saturated rings. The molecule has 2 bridgehead atoms. The summed E-state index contributed by atoms with van der Waals surface area (Å²) in [5, 5.41) is 3.06. The van der Waals surface area contributed by atoms with E-state index in [4.69, 9.17) is 4.74 Å². The standard InChI is InChI=1S/C23H30N4O2/c1-26-9-8-23-7-5-4-6-16(23)19(26)11-15-10-18(21(29-3)12-17(15)23)25-22(28)20-13-24-14-27(20)2/h10,12-14,16,19H,4-9,11H2,1-3H3,(H,25,28)/t16?,19-,23-/m0/s1. The van der Waals surface area contributed by atoms with Gasteiger partial charge in [-0.25, -0.2) is 4.98 Å². The summed E-state index contributed by atoms with van der Waals surface area (Å²) in [6, 6.07) is 5.00. The molecule has 6 heteroatoms. The number of carbonyl (C=O) groups is 1. The minimum atomic E-state index is -0.162. The van der Waals surface area contributed by atoms with Crippen LogP contribution in [0.2, 0.25) is 0 Å². The van der Waals surface area contributed by atoms with Crippen LogP contribution in [0.15, 0.2) is 24.7 Å². The van der Waals surface area contributed by atoms with E-state index >= 15 is 0 Å². The summed E-state index contributed by atoms with van der Waals surface area (Å²) in [6.07, 6.45) is 10.8. The molecular formula is C23H30N4O2. The lowest BCUT2D eigenvalue weighted by atomic mass is 9.52. The third-order valence-corrected chi connectivity index (χ3v) is 7.73. The molecular weight excluding hydrogens is 364 g/mol. The van der Waals surface area contributed by atoms with E-state index in [0.717, 1.165) is 23.8 Å². The Morgan fingerprint density at radius 3 is 2.90 bits per heavy atom. The first-order valence-electron chi connectivity index (χ1n) is 10.7. The summed E-state index contributed by atoms with van der Waals surface area (Å²) in [7, 11) is 5.80. The number of aromatic nitrogens is 2. The molecule has 1 saturated heterocycles. The zero-order chi connectivity index (χ0) is 20.2. The normalized spacial score (nSPS) is 28.4. The molecule has 2 aromatic rings. The van der Waals surface area contributed by atoms with Crippen LogP contribution in [-0.4, -0.2) is 47.1 Å². The number of nitrogens with zero attached hydrogens (tertiary/aromatic N) is 3. The number of amides is 1. The van der Waals surface area contributed by atoms with Crippen LogP contribution >= 0.6 is 0 Å². The molecule has 0 spiro atoms. The Balaban J connectivity index is 1.56. The van der Waals surface area contributed by atoms with Crippen LogP contribution in [0, 0.1) is 5.92 Å². The van der Waals surface area contributed by atoms with Crippen LogP contribution in [0.5, 0.6) is 5.75 Å². The van der Waals surface area contributed by atoms with Gasteiger partial charge in [0.25, 0.3) is 5.91 Å². The van der Waals surface area contributed by atoms with E-state index < -0.39 is 0 Å². The molecule has 3 aliphatic rings. The molecule has 5 rings (SSSR count). The number of benzene rings is 1. The van der Waals surface area contributed by atoms with Crippen molar-refractivity contribution in [2.75, 3.05) is 26.0 Å². The molecule has 1 aliphatic heterocycles. The lowest BCUT2D eigenvalue weighted by Gasteiger charge is -2.58. The zero-order valence-corrected chi connectivity index (χ0v) is 17.6. The summed E-state index contributed by atoms with van der Waals surface area (Å²) >= 11 is 0. The zero-order valence-electron chi connectivity index (χ0n) is 17.6. The average molecular weight is 395 g/mol. The molecule has 1 aromatic carbocycles. The molecule has 1 N–H and O–H groups in total. The van der Waals surface area contributed by atoms with Crippen LogP contribution in [0.1, 0.15) is 53.7 Å². The van der Waals surface area contributed by atoms with Crippen LogP contribution in [0.4, 0.5) is 5.69 Å². The molecule has 2 heterocycles. The molecule has 29 heavy (non-hydrogen) atoms. The maximum atomic E-state index is 12.8. The molecule has 154 valence electrons. The number of carbonyl (C=O) groups excluding carboxylic acids is 1. The molecule has 1 aromatic heterocycles. The number of methoxy groups -OCH3 is 1. The van der Waals surface area contributed by atoms with Crippen molar-refractivity contribution in [3.63, 3.8) is 0 Å². The first-order chi connectivity index (χ1) is 14.0. The molecule has 1 amide bonds. The maximum Gasteiger partial charge on any atom is 0.274 e. The first kappa shape index (κ1) is 18.7. The van der Waals surface area contributed by atoms with Crippen molar-refractivity contribution in [3.8, 4) is 5.75 Å². The molecule has 2 aliphatic carbocycles. The summed E-state index contributed by atoms with van der Waals surface area (Å²) in [5.41, 5.74) is 4.42. The average Bonchev–Trinajstić information content (AvgIpc) is 3.16. The number of hydrogen-bond acceptors (Lipinski definition) is 4. The molecule has 6 nitrogen and oxygen atoms in total. The van der Waals surface area contributed by atoms with Gasteiger partial charge in [0.1, 0.15) is 11.4 Å². The fourth-order valence-electron chi connectivity index (χ4n) is 6.26. The Hall–Kier alpha value is -2.34. The van der Waals surface area contributed by atoms with Gasteiger partial charge in [-0.3, -0.25) is 4.79 Å². The monoisotopic (exact) mass is 394 g/mol. The Bertz CT molecular complexity index is 952. The van der Waals surface area contributed by atoms with E-state index in [9.17, 15) is 4.79 Å². The van der Waals surface area contributed by atoms with Crippen molar-refractivity contribution in [2.45, 2.75) is 50.0 Å².